The summed E-state index contributed by atoms with van der Waals surface area (Å²) in [5.74, 6) is 1.27. The van der Waals surface area contributed by atoms with Gasteiger partial charge in [0.25, 0.3) is 0 Å². The SMILES string of the molecule is COc1ccc(Cl)cc1NC(=O)CSc1nc(N2CCc3ccccc3C2)nc2ccccc12. The Labute approximate surface area is 207 Å². The zero-order chi connectivity index (χ0) is 23.5. The first-order chi connectivity index (χ1) is 16.6. The number of fused-ring (bicyclic) bond motifs is 2. The van der Waals surface area contributed by atoms with E-state index in [1.807, 2.05) is 24.3 Å². The van der Waals surface area contributed by atoms with Gasteiger partial charge in [-0.05, 0) is 41.8 Å². The monoisotopic (exact) mass is 490 g/mol. The number of amides is 1. The number of hydrogen-bond donors (Lipinski definition) is 1. The summed E-state index contributed by atoms with van der Waals surface area (Å²) < 4.78 is 5.32. The fourth-order valence-electron chi connectivity index (χ4n) is 4.05. The van der Waals surface area contributed by atoms with Crippen LogP contribution < -0.4 is 15.0 Å². The molecule has 1 aromatic heterocycles. The third-order valence-corrected chi connectivity index (χ3v) is 6.97. The molecule has 1 aliphatic rings. The van der Waals surface area contributed by atoms with Crippen LogP contribution in [-0.4, -0.2) is 35.3 Å². The van der Waals surface area contributed by atoms with E-state index in [2.05, 4.69) is 34.5 Å². The Balaban J connectivity index is 1.37. The second-order valence-electron chi connectivity index (χ2n) is 7.97. The van der Waals surface area contributed by atoms with E-state index in [-0.39, 0.29) is 11.7 Å². The number of carbonyl (C=O) groups is 1. The second kappa shape index (κ2) is 9.91. The molecule has 0 saturated heterocycles. The van der Waals surface area contributed by atoms with Crippen molar-refractivity contribution in [3.05, 3.63) is 82.9 Å². The van der Waals surface area contributed by atoms with Crippen molar-refractivity contribution in [2.45, 2.75) is 18.0 Å². The number of thioether (sulfide) groups is 1. The molecule has 172 valence electrons. The van der Waals surface area contributed by atoms with Crippen LogP contribution in [0.4, 0.5) is 11.6 Å². The van der Waals surface area contributed by atoms with Crippen LogP contribution in [0.15, 0.2) is 71.8 Å². The van der Waals surface area contributed by atoms with Gasteiger partial charge in [-0.15, -0.1) is 0 Å². The van der Waals surface area contributed by atoms with Crippen LogP contribution in [0.5, 0.6) is 5.75 Å². The molecule has 0 fully saturated rings. The molecular weight excluding hydrogens is 468 g/mol. The highest BCUT2D eigenvalue weighted by Crippen LogP contribution is 2.31. The lowest BCUT2D eigenvalue weighted by Crippen LogP contribution is -2.31. The molecular formula is C26H23ClN4O2S. The van der Waals surface area contributed by atoms with Gasteiger partial charge in [-0.25, -0.2) is 9.97 Å². The molecule has 1 N–H and O–H groups in total. The summed E-state index contributed by atoms with van der Waals surface area (Å²) in [5, 5.41) is 5.13. The van der Waals surface area contributed by atoms with Crippen LogP contribution in [0.25, 0.3) is 10.9 Å². The lowest BCUT2D eigenvalue weighted by atomic mass is 10.0. The van der Waals surface area contributed by atoms with Crippen molar-refractivity contribution < 1.29 is 9.53 Å². The fourth-order valence-corrected chi connectivity index (χ4v) is 5.04. The summed E-state index contributed by atoms with van der Waals surface area (Å²) in [5.41, 5.74) is 4.09. The van der Waals surface area contributed by atoms with E-state index >= 15 is 0 Å². The van der Waals surface area contributed by atoms with Gasteiger partial charge in [0.15, 0.2) is 0 Å². The molecule has 5 rings (SSSR count). The van der Waals surface area contributed by atoms with E-state index in [4.69, 9.17) is 26.3 Å². The van der Waals surface area contributed by atoms with Crippen molar-refractivity contribution in [3.63, 3.8) is 0 Å². The second-order valence-corrected chi connectivity index (χ2v) is 9.37. The number of rotatable bonds is 6. The van der Waals surface area contributed by atoms with Crippen LogP contribution in [0, 0.1) is 0 Å². The summed E-state index contributed by atoms with van der Waals surface area (Å²) in [4.78, 5) is 24.7. The van der Waals surface area contributed by atoms with Crippen LogP contribution in [-0.2, 0) is 17.8 Å². The summed E-state index contributed by atoms with van der Waals surface area (Å²) in [6, 6.07) is 21.5. The number of benzene rings is 3. The average Bonchev–Trinajstić information content (AvgIpc) is 2.87. The van der Waals surface area contributed by atoms with Crippen LogP contribution >= 0.6 is 23.4 Å². The summed E-state index contributed by atoms with van der Waals surface area (Å²) >= 11 is 7.48. The zero-order valence-corrected chi connectivity index (χ0v) is 20.2. The van der Waals surface area contributed by atoms with Gasteiger partial charge in [0, 0.05) is 23.5 Å². The minimum absolute atomic E-state index is 0.165. The van der Waals surface area contributed by atoms with Gasteiger partial charge >= 0.3 is 0 Å². The molecule has 2 heterocycles. The fraction of sp³-hybridized carbons (Fsp3) is 0.192. The highest BCUT2D eigenvalue weighted by molar-refractivity contribution is 8.00. The molecule has 0 bridgehead atoms. The van der Waals surface area contributed by atoms with E-state index in [1.54, 1.807) is 25.3 Å². The Morgan fingerprint density at radius 3 is 2.74 bits per heavy atom. The Morgan fingerprint density at radius 2 is 1.88 bits per heavy atom. The molecule has 0 spiro atoms. The molecule has 6 nitrogen and oxygen atoms in total. The molecule has 34 heavy (non-hydrogen) atoms. The van der Waals surface area contributed by atoms with E-state index in [9.17, 15) is 4.79 Å². The largest absolute Gasteiger partial charge is 0.495 e. The number of nitrogens with zero attached hydrogens (tertiary/aromatic N) is 3. The molecule has 0 aliphatic carbocycles. The van der Waals surface area contributed by atoms with Crippen molar-refractivity contribution >= 4 is 51.8 Å². The van der Waals surface area contributed by atoms with E-state index < -0.39 is 0 Å². The number of nitrogens with one attached hydrogen (secondary N) is 1. The normalized spacial score (nSPS) is 12.9. The smallest absolute Gasteiger partial charge is 0.234 e. The maximum absolute atomic E-state index is 12.7. The quantitative estimate of drug-likeness (QED) is 0.281. The first-order valence-corrected chi connectivity index (χ1v) is 12.3. The summed E-state index contributed by atoms with van der Waals surface area (Å²) in [6.45, 7) is 1.63. The number of ether oxygens (including phenoxy) is 1. The van der Waals surface area contributed by atoms with Gasteiger partial charge in [0.2, 0.25) is 11.9 Å². The Hall–Kier alpha value is -3.29. The van der Waals surface area contributed by atoms with Crippen molar-refractivity contribution in [1.82, 2.24) is 9.97 Å². The summed E-state index contributed by atoms with van der Waals surface area (Å²) in [7, 11) is 1.56. The maximum atomic E-state index is 12.7. The van der Waals surface area contributed by atoms with Gasteiger partial charge in [0.05, 0.1) is 24.1 Å². The van der Waals surface area contributed by atoms with E-state index in [0.717, 1.165) is 35.4 Å². The van der Waals surface area contributed by atoms with Gasteiger partial charge in [-0.2, -0.15) is 0 Å². The van der Waals surface area contributed by atoms with Crippen molar-refractivity contribution in [3.8, 4) is 5.75 Å². The van der Waals surface area contributed by atoms with Crippen LogP contribution in [0.1, 0.15) is 11.1 Å². The number of halogens is 1. The standard InChI is InChI=1S/C26H23ClN4O2S/c1-33-23-11-10-19(27)14-22(23)28-24(32)16-34-25-20-8-4-5-9-21(20)29-26(30-25)31-13-12-17-6-2-3-7-18(17)15-31/h2-11,14H,12-13,15-16H2,1H3,(H,28,32). The minimum atomic E-state index is -0.165. The molecule has 0 atom stereocenters. The number of aromatic nitrogens is 2. The molecule has 0 unspecified atom stereocenters. The predicted molar refractivity (Wildman–Crippen MR) is 138 cm³/mol. The molecule has 1 amide bonds. The molecule has 3 aromatic carbocycles. The zero-order valence-electron chi connectivity index (χ0n) is 18.6. The molecule has 4 aromatic rings. The predicted octanol–water partition coefficient (Wildman–Crippen LogP) is 5.59. The highest BCUT2D eigenvalue weighted by atomic mass is 35.5. The lowest BCUT2D eigenvalue weighted by Gasteiger charge is -2.29. The van der Waals surface area contributed by atoms with Gasteiger partial charge < -0.3 is 15.0 Å². The summed E-state index contributed by atoms with van der Waals surface area (Å²) in [6.07, 6.45) is 0.957. The molecule has 8 heteroatoms. The number of para-hydroxylation sites is 1. The highest BCUT2D eigenvalue weighted by Gasteiger charge is 2.20. The Kier molecular flexibility index (Phi) is 6.56. The maximum Gasteiger partial charge on any atom is 0.234 e. The number of anilines is 2. The molecule has 1 aliphatic heterocycles. The van der Waals surface area contributed by atoms with Gasteiger partial charge in [0.1, 0.15) is 10.8 Å². The van der Waals surface area contributed by atoms with Gasteiger partial charge in [-0.1, -0.05) is 65.8 Å². The first-order valence-electron chi connectivity index (χ1n) is 11.0. The topological polar surface area (TPSA) is 67.3 Å². The molecule has 0 saturated carbocycles. The third-order valence-electron chi connectivity index (χ3n) is 5.75. The van der Waals surface area contributed by atoms with Crippen molar-refractivity contribution in [1.29, 1.82) is 0 Å². The number of hydrogen-bond acceptors (Lipinski definition) is 6. The first kappa shape index (κ1) is 22.5. The minimum Gasteiger partial charge on any atom is -0.495 e. The third kappa shape index (κ3) is 4.81. The number of carbonyl (C=O) groups excluding carboxylic acids is 1. The van der Waals surface area contributed by atoms with Crippen molar-refractivity contribution in [2.24, 2.45) is 0 Å². The van der Waals surface area contributed by atoms with Gasteiger partial charge in [-0.3, -0.25) is 4.79 Å². The Morgan fingerprint density at radius 1 is 1.09 bits per heavy atom. The van der Waals surface area contributed by atoms with Crippen molar-refractivity contribution in [2.75, 3.05) is 29.6 Å². The average molecular weight is 491 g/mol. The lowest BCUT2D eigenvalue weighted by molar-refractivity contribution is -0.113. The van der Waals surface area contributed by atoms with E-state index in [0.29, 0.717) is 22.4 Å². The Bertz CT molecular complexity index is 1360. The molecule has 0 radical (unpaired) electrons. The van der Waals surface area contributed by atoms with Crippen LogP contribution in [0.2, 0.25) is 5.02 Å². The van der Waals surface area contributed by atoms with E-state index in [1.165, 1.54) is 22.9 Å². The van der Waals surface area contributed by atoms with Crippen LogP contribution in [0.3, 0.4) is 0 Å². The number of methoxy groups -OCH3 is 1.